The molecular weight excluding hydrogens is 212 g/mol. The minimum absolute atomic E-state index is 0.310. The number of benzene rings is 1. The van der Waals surface area contributed by atoms with Crippen LogP contribution in [0.5, 0.6) is 0 Å². The summed E-state index contributed by atoms with van der Waals surface area (Å²) >= 11 is 0. The first-order valence-corrected chi connectivity index (χ1v) is 5.77. The third-order valence-electron chi connectivity index (χ3n) is 2.29. The smallest absolute Gasteiger partial charge is 0.119 e. The van der Waals surface area contributed by atoms with Crippen LogP contribution in [-0.2, 0) is 0 Å². The molecule has 1 aromatic carbocycles. The number of aliphatic imine (C=N–C) groups is 1. The molecule has 17 heavy (non-hydrogen) atoms. The fourth-order valence-electron chi connectivity index (χ4n) is 1.31. The van der Waals surface area contributed by atoms with Gasteiger partial charge in [0, 0.05) is 24.7 Å². The Hall–Kier alpha value is -1.61. The van der Waals surface area contributed by atoms with Crippen molar-refractivity contribution in [2.75, 3.05) is 27.2 Å². The highest BCUT2D eigenvalue weighted by Gasteiger charge is 1.94. The molecule has 0 aliphatic carbocycles. The maximum Gasteiger partial charge on any atom is 0.119 e. The van der Waals surface area contributed by atoms with E-state index in [0.717, 1.165) is 18.7 Å². The van der Waals surface area contributed by atoms with Gasteiger partial charge in [-0.05, 0) is 20.2 Å². The van der Waals surface area contributed by atoms with E-state index in [1.807, 2.05) is 50.6 Å². The van der Waals surface area contributed by atoms with Crippen LogP contribution in [0.4, 0.5) is 0 Å². The van der Waals surface area contributed by atoms with Crippen molar-refractivity contribution in [2.24, 2.45) is 4.99 Å². The highest BCUT2D eigenvalue weighted by molar-refractivity contribution is 5.65. The normalized spacial score (nSPS) is 12.5. The van der Waals surface area contributed by atoms with Crippen molar-refractivity contribution in [1.82, 2.24) is 4.90 Å². The van der Waals surface area contributed by atoms with Crippen LogP contribution >= 0.6 is 0 Å². The second kappa shape index (κ2) is 7.63. The summed E-state index contributed by atoms with van der Waals surface area (Å²) < 4.78 is 0. The van der Waals surface area contributed by atoms with Crippen molar-refractivity contribution < 1.29 is 5.11 Å². The molecule has 0 heterocycles. The molecule has 0 aliphatic rings. The van der Waals surface area contributed by atoms with Crippen molar-refractivity contribution >= 4 is 12.0 Å². The minimum atomic E-state index is 0.310. The Labute approximate surface area is 103 Å². The van der Waals surface area contributed by atoms with Gasteiger partial charge in [-0.25, -0.2) is 0 Å². The molecule has 1 N–H and O–H groups in total. The number of allylic oxidation sites excluding steroid dienone is 1. The van der Waals surface area contributed by atoms with E-state index in [4.69, 9.17) is 0 Å². The molecule has 1 rings (SSSR count). The lowest BCUT2D eigenvalue weighted by molar-refractivity contribution is 0.420. The molecule has 0 aromatic heterocycles. The highest BCUT2D eigenvalue weighted by atomic mass is 16.3. The maximum absolute atomic E-state index is 9.76. The molecule has 0 spiro atoms. The third kappa shape index (κ3) is 5.88. The van der Waals surface area contributed by atoms with Gasteiger partial charge in [0.2, 0.25) is 0 Å². The number of aliphatic hydroxyl groups is 1. The van der Waals surface area contributed by atoms with Gasteiger partial charge in [0.1, 0.15) is 5.76 Å². The van der Waals surface area contributed by atoms with E-state index < -0.39 is 0 Å². The van der Waals surface area contributed by atoms with Crippen LogP contribution in [-0.4, -0.2) is 43.4 Å². The fraction of sp³-hybridized carbons (Fsp3) is 0.357. The van der Waals surface area contributed by atoms with Crippen molar-refractivity contribution in [2.45, 2.75) is 6.42 Å². The predicted molar refractivity (Wildman–Crippen MR) is 73.6 cm³/mol. The second-order valence-electron chi connectivity index (χ2n) is 4.08. The first-order chi connectivity index (χ1) is 8.20. The van der Waals surface area contributed by atoms with Crippen LogP contribution in [0.2, 0.25) is 0 Å². The Morgan fingerprint density at radius 2 is 2.00 bits per heavy atom. The Morgan fingerprint density at radius 3 is 2.65 bits per heavy atom. The lowest BCUT2D eigenvalue weighted by Gasteiger charge is -2.04. The Bertz CT molecular complexity index is 369. The van der Waals surface area contributed by atoms with Crippen LogP contribution in [0, 0.1) is 0 Å². The van der Waals surface area contributed by atoms with Gasteiger partial charge >= 0.3 is 0 Å². The molecular formula is C14H20N2O. The van der Waals surface area contributed by atoms with Crippen LogP contribution in [0.15, 0.2) is 41.4 Å². The average Bonchev–Trinajstić information content (AvgIpc) is 2.34. The van der Waals surface area contributed by atoms with Gasteiger partial charge in [0.15, 0.2) is 0 Å². The van der Waals surface area contributed by atoms with Gasteiger partial charge in [-0.15, -0.1) is 0 Å². The average molecular weight is 232 g/mol. The molecule has 3 nitrogen and oxygen atoms in total. The standard InChI is InChI=1S/C14H20N2O/c1-16(2)12-11-15-10-6-9-14(17)13-7-4-3-5-8-13/h3-5,7-10,17H,6,11-12H2,1-2H3/b14-9-,15-10?. The summed E-state index contributed by atoms with van der Waals surface area (Å²) in [6, 6.07) is 9.51. The molecule has 0 fully saturated rings. The molecule has 0 saturated carbocycles. The topological polar surface area (TPSA) is 35.8 Å². The lowest BCUT2D eigenvalue weighted by atomic mass is 10.2. The molecule has 0 bridgehead atoms. The molecule has 1 aromatic rings. The molecule has 0 amide bonds. The maximum atomic E-state index is 9.76. The molecule has 0 saturated heterocycles. The SMILES string of the molecule is CN(C)CCN=CC/C=C(\O)c1ccccc1. The summed E-state index contributed by atoms with van der Waals surface area (Å²) in [5, 5.41) is 9.76. The van der Waals surface area contributed by atoms with Crippen molar-refractivity contribution in [3.63, 3.8) is 0 Å². The molecule has 0 atom stereocenters. The third-order valence-corrected chi connectivity index (χ3v) is 2.29. The van der Waals surface area contributed by atoms with Crippen molar-refractivity contribution in [1.29, 1.82) is 0 Å². The molecule has 92 valence electrons. The van der Waals surface area contributed by atoms with Crippen LogP contribution in [0.1, 0.15) is 12.0 Å². The first-order valence-electron chi connectivity index (χ1n) is 5.77. The summed E-state index contributed by atoms with van der Waals surface area (Å²) in [5.74, 6) is 0.310. The van der Waals surface area contributed by atoms with Gasteiger partial charge in [-0.2, -0.15) is 0 Å². The van der Waals surface area contributed by atoms with E-state index in [9.17, 15) is 5.11 Å². The second-order valence-corrected chi connectivity index (χ2v) is 4.08. The summed E-state index contributed by atoms with van der Waals surface area (Å²) in [4.78, 5) is 6.35. The summed E-state index contributed by atoms with van der Waals surface area (Å²) in [6.45, 7) is 1.75. The molecule has 3 heteroatoms. The van der Waals surface area contributed by atoms with Gasteiger partial charge < -0.3 is 10.0 Å². The number of hydrogen-bond donors (Lipinski definition) is 1. The predicted octanol–water partition coefficient (Wildman–Crippen LogP) is 2.61. The number of rotatable bonds is 6. The number of aliphatic hydroxyl groups excluding tert-OH is 1. The largest absolute Gasteiger partial charge is 0.508 e. The van der Waals surface area contributed by atoms with Gasteiger partial charge in [-0.1, -0.05) is 30.3 Å². The quantitative estimate of drug-likeness (QED) is 0.604. The van der Waals surface area contributed by atoms with E-state index in [1.54, 1.807) is 6.08 Å². The Morgan fingerprint density at radius 1 is 1.29 bits per heavy atom. The zero-order valence-corrected chi connectivity index (χ0v) is 10.5. The Kier molecular flexibility index (Phi) is 6.04. The summed E-state index contributed by atoms with van der Waals surface area (Å²) in [6.07, 6.45) is 4.27. The van der Waals surface area contributed by atoms with E-state index in [2.05, 4.69) is 9.89 Å². The summed E-state index contributed by atoms with van der Waals surface area (Å²) in [7, 11) is 4.05. The van der Waals surface area contributed by atoms with Gasteiger partial charge in [-0.3, -0.25) is 4.99 Å². The monoisotopic (exact) mass is 232 g/mol. The van der Waals surface area contributed by atoms with Gasteiger partial charge in [0.25, 0.3) is 0 Å². The molecule has 0 unspecified atom stereocenters. The number of likely N-dealkylation sites (N-methyl/N-ethyl adjacent to an activating group) is 1. The van der Waals surface area contributed by atoms with Crippen molar-refractivity contribution in [3.05, 3.63) is 42.0 Å². The zero-order valence-electron chi connectivity index (χ0n) is 10.5. The summed E-state index contributed by atoms with van der Waals surface area (Å²) in [5.41, 5.74) is 0.842. The fourth-order valence-corrected chi connectivity index (χ4v) is 1.31. The van der Waals surface area contributed by atoms with Crippen LogP contribution in [0.3, 0.4) is 0 Å². The van der Waals surface area contributed by atoms with Crippen LogP contribution in [0.25, 0.3) is 5.76 Å². The van der Waals surface area contributed by atoms with Crippen LogP contribution < -0.4 is 0 Å². The van der Waals surface area contributed by atoms with E-state index in [1.165, 1.54) is 0 Å². The first kappa shape index (κ1) is 13.5. The zero-order chi connectivity index (χ0) is 12.5. The van der Waals surface area contributed by atoms with Gasteiger partial charge in [0.05, 0.1) is 6.54 Å². The van der Waals surface area contributed by atoms with E-state index in [-0.39, 0.29) is 0 Å². The van der Waals surface area contributed by atoms with Crippen molar-refractivity contribution in [3.8, 4) is 0 Å². The van der Waals surface area contributed by atoms with E-state index >= 15 is 0 Å². The number of hydrogen-bond acceptors (Lipinski definition) is 3. The molecule has 0 aliphatic heterocycles. The Balaban J connectivity index is 2.34. The highest BCUT2D eigenvalue weighted by Crippen LogP contribution is 2.10. The minimum Gasteiger partial charge on any atom is -0.508 e. The number of nitrogens with zero attached hydrogens (tertiary/aromatic N) is 2. The molecule has 0 radical (unpaired) electrons. The lowest BCUT2D eigenvalue weighted by Crippen LogP contribution is -2.15. The van der Waals surface area contributed by atoms with E-state index in [0.29, 0.717) is 12.2 Å².